The molecule has 0 aliphatic heterocycles. The summed E-state index contributed by atoms with van der Waals surface area (Å²) in [6.45, 7) is 4.90. The summed E-state index contributed by atoms with van der Waals surface area (Å²) >= 11 is 0. The van der Waals surface area contributed by atoms with E-state index in [1.54, 1.807) is 0 Å². The van der Waals surface area contributed by atoms with Gasteiger partial charge in [0.05, 0.1) is 21.1 Å². The molecule has 260 valence electrons. The van der Waals surface area contributed by atoms with Gasteiger partial charge in [-0.1, -0.05) is 154 Å². The maximum absolute atomic E-state index is 13.5. The number of rotatable bonds is 34. The van der Waals surface area contributed by atoms with E-state index in [2.05, 4.69) is 35.5 Å². The van der Waals surface area contributed by atoms with Crippen LogP contribution >= 0.6 is 9.47 Å². The lowest BCUT2D eigenvalue weighted by atomic mass is 9.86. The first-order valence-electron chi connectivity index (χ1n) is 19.1. The largest absolute Gasteiger partial charge is 0.541 e. The number of carbonyl (C=O) groups excluding carboxylic acids is 2. The molecule has 0 fully saturated rings. The fourth-order valence-electron chi connectivity index (χ4n) is 6.21. The van der Waals surface area contributed by atoms with Crippen molar-refractivity contribution in [3.8, 4) is 0 Å². The van der Waals surface area contributed by atoms with Crippen LogP contribution in [0.4, 0.5) is 0 Å². The lowest BCUT2D eigenvalue weighted by Gasteiger charge is -2.39. The number of Topliss-reactive ketones (excluding diaryl/α,β-unsaturated/α-hetero) is 2. The molecule has 0 aromatic carbocycles. The van der Waals surface area contributed by atoms with E-state index in [1.165, 1.54) is 128 Å². The lowest BCUT2D eigenvalue weighted by Crippen LogP contribution is -2.58. The minimum atomic E-state index is -1.38. The molecule has 44 heavy (non-hydrogen) atoms. The van der Waals surface area contributed by atoms with Crippen LogP contribution in [-0.4, -0.2) is 49.3 Å². The van der Waals surface area contributed by atoms with Crippen molar-refractivity contribution in [2.24, 2.45) is 0 Å². The molecule has 0 aliphatic rings. The summed E-state index contributed by atoms with van der Waals surface area (Å²) in [7, 11) is 9.26. The standard InChI is InChI=1S/C39H76NO3P/c1-6-8-10-12-14-16-18-20-21-23-25-27-29-31-33-35-38(42)39(43-44,36-40(3,4)5)37(41)34-32-30-28-26-24-22-19-17-15-13-11-9-7-2/h20-21,44H,6-19,22-36H2,1-5H3. The third kappa shape index (κ3) is 24.6. The molecule has 0 bridgehead atoms. The third-order valence-corrected chi connectivity index (χ3v) is 9.29. The van der Waals surface area contributed by atoms with Gasteiger partial charge in [0.1, 0.15) is 6.54 Å². The van der Waals surface area contributed by atoms with Crippen molar-refractivity contribution in [1.82, 2.24) is 0 Å². The highest BCUT2D eigenvalue weighted by Gasteiger charge is 2.46. The Labute approximate surface area is 278 Å². The number of nitrogens with zero attached hydrogens (tertiary/aromatic N) is 1. The van der Waals surface area contributed by atoms with Crippen LogP contribution < -0.4 is 0 Å². The number of likely N-dealkylation sites (N-methyl/N-ethyl adjacent to an activating group) is 1. The van der Waals surface area contributed by atoms with Crippen molar-refractivity contribution in [2.75, 3.05) is 27.7 Å². The molecule has 0 aromatic heterocycles. The number of unbranched alkanes of at least 4 members (excludes halogenated alkanes) is 23. The normalized spacial score (nSPS) is 13.5. The summed E-state index contributed by atoms with van der Waals surface area (Å²) in [6.07, 6.45) is 38.1. The van der Waals surface area contributed by atoms with Crippen LogP contribution in [0.25, 0.3) is 0 Å². The second kappa shape index (κ2) is 29.8. The van der Waals surface area contributed by atoms with Crippen LogP contribution in [0.5, 0.6) is 0 Å². The minimum Gasteiger partial charge on any atom is -0.541 e. The molecule has 1 unspecified atom stereocenters. The van der Waals surface area contributed by atoms with Gasteiger partial charge >= 0.3 is 0 Å². The Balaban J connectivity index is 4.25. The summed E-state index contributed by atoms with van der Waals surface area (Å²) < 4.78 is 6.17. The monoisotopic (exact) mass is 638 g/mol. The zero-order valence-corrected chi connectivity index (χ0v) is 31.3. The van der Waals surface area contributed by atoms with Crippen molar-refractivity contribution >= 4 is 21.0 Å². The van der Waals surface area contributed by atoms with Crippen molar-refractivity contribution in [3.63, 3.8) is 0 Å². The molecule has 1 atom stereocenters. The summed E-state index contributed by atoms with van der Waals surface area (Å²) in [6, 6.07) is 0. The quantitative estimate of drug-likeness (QED) is 0.0232. The fourth-order valence-corrected chi connectivity index (χ4v) is 6.50. The first-order valence-corrected chi connectivity index (χ1v) is 19.5. The number of hydrogen-bond donors (Lipinski definition) is 0. The van der Waals surface area contributed by atoms with Crippen molar-refractivity contribution in [2.45, 2.75) is 199 Å². The second-order valence-electron chi connectivity index (χ2n) is 14.6. The van der Waals surface area contributed by atoms with Crippen LogP contribution in [0.2, 0.25) is 0 Å². The molecule has 0 aliphatic carbocycles. The molecule has 0 spiro atoms. The first-order chi connectivity index (χ1) is 21.2. The summed E-state index contributed by atoms with van der Waals surface area (Å²) in [5.41, 5.74) is -1.38. The third-order valence-electron chi connectivity index (χ3n) is 8.95. The number of hydrogen-bond acceptors (Lipinski definition) is 3. The van der Waals surface area contributed by atoms with Gasteiger partial charge in [0.25, 0.3) is 0 Å². The van der Waals surface area contributed by atoms with Crippen LogP contribution in [-0.2, 0) is 14.1 Å². The van der Waals surface area contributed by atoms with E-state index in [1.807, 2.05) is 21.1 Å². The van der Waals surface area contributed by atoms with E-state index in [0.29, 0.717) is 23.9 Å². The van der Waals surface area contributed by atoms with E-state index in [4.69, 9.17) is 4.52 Å². The smallest absolute Gasteiger partial charge is 0.204 e. The minimum absolute atomic E-state index is 0.0543. The van der Waals surface area contributed by atoms with Gasteiger partial charge in [0.2, 0.25) is 5.60 Å². The van der Waals surface area contributed by atoms with Gasteiger partial charge in [-0.3, -0.25) is 9.59 Å². The first kappa shape index (κ1) is 43.4. The van der Waals surface area contributed by atoms with E-state index in [0.717, 1.165) is 38.5 Å². The van der Waals surface area contributed by atoms with Crippen molar-refractivity contribution < 1.29 is 18.6 Å². The molecule has 0 amide bonds. The maximum atomic E-state index is 13.5. The second-order valence-corrected chi connectivity index (χ2v) is 14.8. The molecule has 0 aromatic rings. The Morgan fingerprint density at radius 3 is 1.11 bits per heavy atom. The summed E-state index contributed by atoms with van der Waals surface area (Å²) in [5.74, 6) is -0.112. The molecule has 5 heteroatoms. The molecule has 0 rings (SSSR count). The van der Waals surface area contributed by atoms with Crippen molar-refractivity contribution in [1.29, 1.82) is 0 Å². The predicted molar refractivity (Wildman–Crippen MR) is 195 cm³/mol. The molecule has 0 heterocycles. The average Bonchev–Trinajstić information content (AvgIpc) is 2.99. The molecule has 0 N–H and O–H groups in total. The maximum Gasteiger partial charge on any atom is 0.204 e. The van der Waals surface area contributed by atoms with Gasteiger partial charge in [-0.15, -0.1) is 0 Å². The highest BCUT2D eigenvalue weighted by atomic mass is 31.0. The number of ketones is 2. The Hall–Kier alpha value is -0.570. The summed E-state index contributed by atoms with van der Waals surface area (Å²) in [4.78, 5) is 27.0. The Kier molecular flexibility index (Phi) is 29.4. The van der Waals surface area contributed by atoms with Gasteiger partial charge in [-0.25, -0.2) is 0 Å². The van der Waals surface area contributed by atoms with Gasteiger partial charge in [0, 0.05) is 12.8 Å². The SMILES string of the molecule is CCCCCCCCC=CCCCCCCCC(=O)C(C[N+](C)(C)C)(O[PH-])C(=O)CCCCCCCCCCCCCCC. The average molecular weight is 638 g/mol. The summed E-state index contributed by atoms with van der Waals surface area (Å²) in [5, 5.41) is 0. The number of quaternary nitrogens is 1. The van der Waals surface area contributed by atoms with E-state index in [-0.39, 0.29) is 11.6 Å². The molecular weight excluding hydrogens is 561 g/mol. The van der Waals surface area contributed by atoms with Crippen LogP contribution in [0.1, 0.15) is 194 Å². The van der Waals surface area contributed by atoms with Crippen LogP contribution in [0.15, 0.2) is 12.2 Å². The predicted octanol–water partition coefficient (Wildman–Crippen LogP) is 12.2. The van der Waals surface area contributed by atoms with Gasteiger partial charge in [-0.2, -0.15) is 0 Å². The van der Waals surface area contributed by atoms with Crippen molar-refractivity contribution in [3.05, 3.63) is 12.2 Å². The molecule has 0 saturated carbocycles. The van der Waals surface area contributed by atoms with Gasteiger partial charge < -0.3 is 18.5 Å². The Bertz CT molecular complexity index is 702. The van der Waals surface area contributed by atoms with Crippen LogP contribution in [0, 0.1) is 0 Å². The molecule has 0 radical (unpaired) electrons. The van der Waals surface area contributed by atoms with Crippen LogP contribution in [0.3, 0.4) is 0 Å². The topological polar surface area (TPSA) is 43.4 Å². The van der Waals surface area contributed by atoms with E-state index < -0.39 is 5.60 Å². The highest BCUT2D eigenvalue weighted by molar-refractivity contribution is 7.10. The fraction of sp³-hybridized carbons (Fsp3) is 0.897. The van der Waals surface area contributed by atoms with E-state index in [9.17, 15) is 9.59 Å². The Morgan fingerprint density at radius 2 is 0.818 bits per heavy atom. The zero-order valence-electron chi connectivity index (χ0n) is 30.3. The number of carbonyl (C=O) groups is 2. The lowest BCUT2D eigenvalue weighted by molar-refractivity contribution is -0.873. The molecular formula is C39H76NO3P. The van der Waals surface area contributed by atoms with Gasteiger partial charge in [0.15, 0.2) is 11.6 Å². The zero-order chi connectivity index (χ0) is 32.8. The molecule has 0 saturated heterocycles. The molecule has 4 nitrogen and oxygen atoms in total. The van der Waals surface area contributed by atoms with E-state index >= 15 is 0 Å². The highest BCUT2D eigenvalue weighted by Crippen LogP contribution is 2.27. The van der Waals surface area contributed by atoms with Gasteiger partial charge in [-0.05, 0) is 38.5 Å². The Morgan fingerprint density at radius 1 is 0.523 bits per heavy atom. The number of allylic oxidation sites excluding steroid dienone is 2.